The van der Waals surface area contributed by atoms with Crippen molar-refractivity contribution in [2.24, 2.45) is 0 Å². The first-order valence-electron chi connectivity index (χ1n) is 7.29. The zero-order valence-corrected chi connectivity index (χ0v) is 13.1. The van der Waals surface area contributed by atoms with E-state index in [0.29, 0.717) is 12.5 Å². The van der Waals surface area contributed by atoms with E-state index in [9.17, 15) is 0 Å². The fourth-order valence-corrected chi connectivity index (χ4v) is 2.42. The summed E-state index contributed by atoms with van der Waals surface area (Å²) in [7, 11) is 0. The zero-order chi connectivity index (χ0) is 15.0. The van der Waals surface area contributed by atoms with Crippen molar-refractivity contribution in [1.29, 1.82) is 0 Å². The fraction of sp³-hybridized carbons (Fsp3) is 0.333. The van der Waals surface area contributed by atoms with Crippen molar-refractivity contribution in [2.45, 2.75) is 18.9 Å². The molecule has 0 saturated heterocycles. The quantitative estimate of drug-likeness (QED) is 0.583. The van der Waals surface area contributed by atoms with E-state index in [1.165, 1.54) is 5.56 Å². The third-order valence-corrected chi connectivity index (χ3v) is 4.06. The zero-order valence-electron chi connectivity index (χ0n) is 12.4. The molecule has 0 aliphatic heterocycles. The van der Waals surface area contributed by atoms with Crippen LogP contribution in [-0.2, 0) is 5.54 Å². The summed E-state index contributed by atoms with van der Waals surface area (Å²) >= 11 is 6.16. The molecule has 112 valence electrons. The minimum absolute atomic E-state index is 0.199. The Balaban J connectivity index is 1.76. The molecule has 0 bridgehead atoms. The Morgan fingerprint density at radius 3 is 2.24 bits per heavy atom. The Morgan fingerprint density at radius 2 is 1.62 bits per heavy atom. The van der Waals surface area contributed by atoms with E-state index in [2.05, 4.69) is 24.4 Å². The van der Waals surface area contributed by atoms with E-state index in [0.717, 1.165) is 18.7 Å². The maximum absolute atomic E-state index is 6.16. The average molecular weight is 304 g/mol. The lowest BCUT2D eigenvalue weighted by Gasteiger charge is -2.29. The molecule has 3 heteroatoms. The Labute approximate surface area is 132 Å². The van der Waals surface area contributed by atoms with Gasteiger partial charge >= 0.3 is 0 Å². The summed E-state index contributed by atoms with van der Waals surface area (Å²) in [5.41, 5.74) is 1.01. The molecule has 0 heterocycles. The maximum atomic E-state index is 6.16. The average Bonchev–Trinajstić information content (AvgIpc) is 2.56. The molecule has 0 aliphatic carbocycles. The van der Waals surface area contributed by atoms with Crippen molar-refractivity contribution < 1.29 is 4.74 Å². The van der Waals surface area contributed by atoms with E-state index >= 15 is 0 Å². The number of alkyl halides is 1. The van der Waals surface area contributed by atoms with Crippen LogP contribution in [0.3, 0.4) is 0 Å². The molecule has 0 aliphatic rings. The largest absolute Gasteiger partial charge is 0.494 e. The molecule has 1 N–H and O–H groups in total. The molecule has 21 heavy (non-hydrogen) atoms. The minimum atomic E-state index is -0.199. The van der Waals surface area contributed by atoms with Crippen LogP contribution in [0, 0.1) is 0 Å². The maximum Gasteiger partial charge on any atom is 0.119 e. The molecule has 2 nitrogen and oxygen atoms in total. The van der Waals surface area contributed by atoms with Crippen molar-refractivity contribution in [3.8, 4) is 5.75 Å². The van der Waals surface area contributed by atoms with Gasteiger partial charge in [0.2, 0.25) is 0 Å². The number of benzene rings is 2. The van der Waals surface area contributed by atoms with Crippen molar-refractivity contribution in [1.82, 2.24) is 5.32 Å². The van der Waals surface area contributed by atoms with Gasteiger partial charge in [0.15, 0.2) is 0 Å². The van der Waals surface area contributed by atoms with Crippen LogP contribution in [0.2, 0.25) is 0 Å². The number of hydrogen-bond acceptors (Lipinski definition) is 2. The van der Waals surface area contributed by atoms with Crippen LogP contribution in [0.5, 0.6) is 5.75 Å². The second-order valence-electron chi connectivity index (χ2n) is 5.27. The summed E-state index contributed by atoms with van der Waals surface area (Å²) in [6.07, 6.45) is 0.939. The van der Waals surface area contributed by atoms with Gasteiger partial charge < -0.3 is 10.1 Å². The van der Waals surface area contributed by atoms with Gasteiger partial charge in [-0.05, 0) is 37.6 Å². The Kier molecular flexibility index (Phi) is 6.09. The van der Waals surface area contributed by atoms with E-state index in [-0.39, 0.29) is 5.54 Å². The summed E-state index contributed by atoms with van der Waals surface area (Å²) in [6.45, 7) is 3.70. The number of halogens is 1. The van der Waals surface area contributed by atoms with E-state index in [4.69, 9.17) is 16.3 Å². The molecule has 0 radical (unpaired) electrons. The first-order chi connectivity index (χ1) is 10.2. The van der Waals surface area contributed by atoms with Gasteiger partial charge in [-0.3, -0.25) is 0 Å². The van der Waals surface area contributed by atoms with E-state index < -0.39 is 0 Å². The number of ether oxygens (including phenoxy) is 1. The molecule has 2 aromatic carbocycles. The highest BCUT2D eigenvalue weighted by Gasteiger charge is 2.24. The minimum Gasteiger partial charge on any atom is -0.494 e. The number of rotatable bonds is 8. The molecular weight excluding hydrogens is 282 g/mol. The van der Waals surface area contributed by atoms with Gasteiger partial charge in [0.05, 0.1) is 12.1 Å². The highest BCUT2D eigenvalue weighted by molar-refractivity contribution is 6.18. The van der Waals surface area contributed by atoms with Gasteiger partial charge in [-0.1, -0.05) is 48.5 Å². The van der Waals surface area contributed by atoms with Crippen LogP contribution in [0.1, 0.15) is 18.9 Å². The lowest BCUT2D eigenvalue weighted by Crippen LogP contribution is -2.42. The van der Waals surface area contributed by atoms with Crippen LogP contribution in [-0.4, -0.2) is 19.0 Å². The first kappa shape index (κ1) is 15.9. The predicted octanol–water partition coefficient (Wildman–Crippen LogP) is 4.20. The predicted molar refractivity (Wildman–Crippen MR) is 89.1 cm³/mol. The Morgan fingerprint density at radius 1 is 1.00 bits per heavy atom. The summed E-state index contributed by atoms with van der Waals surface area (Å²) in [6, 6.07) is 20.2. The van der Waals surface area contributed by atoms with Crippen LogP contribution >= 0.6 is 11.6 Å². The molecule has 1 atom stereocenters. The monoisotopic (exact) mass is 303 g/mol. The number of hydrogen-bond donors (Lipinski definition) is 1. The molecule has 0 amide bonds. The Bertz CT molecular complexity index is 517. The van der Waals surface area contributed by atoms with Gasteiger partial charge in [-0.15, -0.1) is 11.6 Å². The summed E-state index contributed by atoms with van der Waals surface area (Å²) < 4.78 is 5.69. The lowest BCUT2D eigenvalue weighted by atomic mass is 9.94. The van der Waals surface area contributed by atoms with E-state index in [1.807, 2.05) is 48.5 Å². The van der Waals surface area contributed by atoms with Gasteiger partial charge in [0.25, 0.3) is 0 Å². The Hall–Kier alpha value is -1.51. The summed E-state index contributed by atoms with van der Waals surface area (Å²) in [5, 5.41) is 3.54. The van der Waals surface area contributed by atoms with Crippen molar-refractivity contribution in [3.05, 3.63) is 66.2 Å². The smallest absolute Gasteiger partial charge is 0.119 e. The highest BCUT2D eigenvalue weighted by Crippen LogP contribution is 2.21. The van der Waals surface area contributed by atoms with Crippen LogP contribution in [0.4, 0.5) is 0 Å². The van der Waals surface area contributed by atoms with Crippen molar-refractivity contribution >= 4 is 11.6 Å². The number of para-hydroxylation sites is 1. The van der Waals surface area contributed by atoms with Gasteiger partial charge in [0.1, 0.15) is 5.75 Å². The molecule has 0 aromatic heterocycles. The lowest BCUT2D eigenvalue weighted by molar-refractivity contribution is 0.296. The fourth-order valence-electron chi connectivity index (χ4n) is 2.18. The second kappa shape index (κ2) is 8.06. The molecule has 0 fully saturated rings. The molecule has 0 saturated carbocycles. The number of nitrogens with one attached hydrogen (secondary N) is 1. The normalized spacial score (nSPS) is 13.6. The molecule has 2 rings (SSSR count). The third-order valence-electron chi connectivity index (χ3n) is 3.53. The molecule has 1 unspecified atom stereocenters. The summed E-state index contributed by atoms with van der Waals surface area (Å²) in [5.74, 6) is 1.46. The second-order valence-corrected chi connectivity index (χ2v) is 5.54. The SMILES string of the molecule is CC(CCl)(NCCCOc1ccccc1)c1ccccc1. The van der Waals surface area contributed by atoms with E-state index in [1.54, 1.807) is 0 Å². The highest BCUT2D eigenvalue weighted by atomic mass is 35.5. The topological polar surface area (TPSA) is 21.3 Å². The van der Waals surface area contributed by atoms with Gasteiger partial charge in [-0.25, -0.2) is 0 Å². The molecular formula is C18H22ClNO. The van der Waals surface area contributed by atoms with Crippen LogP contribution in [0.25, 0.3) is 0 Å². The van der Waals surface area contributed by atoms with Crippen LogP contribution in [0.15, 0.2) is 60.7 Å². The third kappa shape index (κ3) is 4.76. The van der Waals surface area contributed by atoms with Crippen molar-refractivity contribution in [2.75, 3.05) is 19.0 Å². The molecule has 2 aromatic rings. The standard InChI is InChI=1S/C18H22ClNO/c1-18(15-19,16-9-4-2-5-10-16)20-13-8-14-21-17-11-6-3-7-12-17/h2-7,9-12,20H,8,13-15H2,1H3. The van der Waals surface area contributed by atoms with Gasteiger partial charge in [-0.2, -0.15) is 0 Å². The first-order valence-corrected chi connectivity index (χ1v) is 7.82. The van der Waals surface area contributed by atoms with Crippen LogP contribution < -0.4 is 10.1 Å². The van der Waals surface area contributed by atoms with Gasteiger partial charge in [0, 0.05) is 5.88 Å². The molecule has 0 spiro atoms. The van der Waals surface area contributed by atoms with Crippen molar-refractivity contribution in [3.63, 3.8) is 0 Å². The summed E-state index contributed by atoms with van der Waals surface area (Å²) in [4.78, 5) is 0.